The number of sulfonamides is 1. The van der Waals surface area contributed by atoms with Gasteiger partial charge in [0.1, 0.15) is 11.3 Å². The van der Waals surface area contributed by atoms with Crippen LogP contribution in [0.2, 0.25) is 0 Å². The topological polar surface area (TPSA) is 85.8 Å². The van der Waals surface area contributed by atoms with Gasteiger partial charge in [-0.05, 0) is 42.8 Å². The number of hydrogen-bond acceptors (Lipinski definition) is 6. The second-order valence-corrected chi connectivity index (χ2v) is 9.98. The second-order valence-electron chi connectivity index (χ2n) is 8.11. The molecule has 38 heavy (non-hydrogen) atoms. The van der Waals surface area contributed by atoms with Crippen molar-refractivity contribution in [2.24, 2.45) is 0 Å². The number of carbonyl (C=O) groups is 1. The number of benzene rings is 3. The van der Waals surface area contributed by atoms with Gasteiger partial charge in [-0.25, -0.2) is 13.2 Å². The number of halogens is 3. The summed E-state index contributed by atoms with van der Waals surface area (Å²) in [5.74, 6) is -0.507. The van der Waals surface area contributed by atoms with Crippen molar-refractivity contribution >= 4 is 32.6 Å². The van der Waals surface area contributed by atoms with Crippen molar-refractivity contribution in [1.29, 1.82) is 0 Å². The molecule has 0 aliphatic heterocycles. The highest BCUT2D eigenvalue weighted by molar-refractivity contribution is 7.92. The van der Waals surface area contributed by atoms with Gasteiger partial charge in [0.05, 0.1) is 41.9 Å². The summed E-state index contributed by atoms with van der Waals surface area (Å²) in [7, 11) is -3.00. The van der Waals surface area contributed by atoms with Crippen molar-refractivity contribution in [1.82, 2.24) is 4.98 Å². The van der Waals surface area contributed by atoms with Crippen LogP contribution in [-0.4, -0.2) is 33.1 Å². The standard InChI is InChI=1S/C27H23F3N2O5S/c1-3-37-26(33)22-16-31-24-21(10-7-11-23(24)27(28,29)30)25(22)32(17-18-8-5-4-6-9-18)38(34,35)20-14-12-19(36-2)13-15-20/h4-16H,3,17H2,1-2H3. The van der Waals surface area contributed by atoms with E-state index in [9.17, 15) is 26.4 Å². The van der Waals surface area contributed by atoms with Crippen LogP contribution < -0.4 is 9.04 Å². The molecular formula is C27H23F3N2O5S. The molecule has 7 nitrogen and oxygen atoms in total. The largest absolute Gasteiger partial charge is 0.497 e. The maximum Gasteiger partial charge on any atom is 0.418 e. The van der Waals surface area contributed by atoms with Gasteiger partial charge in [0.25, 0.3) is 10.0 Å². The van der Waals surface area contributed by atoms with Gasteiger partial charge in [0.15, 0.2) is 0 Å². The zero-order valence-corrected chi connectivity index (χ0v) is 21.2. The molecule has 0 saturated carbocycles. The molecule has 0 saturated heterocycles. The first-order chi connectivity index (χ1) is 18.1. The molecule has 0 bridgehead atoms. The van der Waals surface area contributed by atoms with E-state index < -0.39 is 33.2 Å². The molecule has 4 rings (SSSR count). The monoisotopic (exact) mass is 544 g/mol. The quantitative estimate of drug-likeness (QED) is 0.259. The predicted molar refractivity (Wildman–Crippen MR) is 136 cm³/mol. The third-order valence-corrected chi connectivity index (χ3v) is 7.50. The summed E-state index contributed by atoms with van der Waals surface area (Å²) in [5.41, 5.74) is -1.57. The number of para-hydroxylation sites is 1. The Labute approximate surface area is 217 Å². The summed E-state index contributed by atoms with van der Waals surface area (Å²) < 4.78 is 80.9. The number of rotatable bonds is 8. The average Bonchev–Trinajstić information content (AvgIpc) is 2.91. The molecule has 0 amide bonds. The van der Waals surface area contributed by atoms with E-state index in [1.165, 1.54) is 37.4 Å². The van der Waals surface area contributed by atoms with Gasteiger partial charge in [0.2, 0.25) is 0 Å². The van der Waals surface area contributed by atoms with Crippen LogP contribution in [0.3, 0.4) is 0 Å². The van der Waals surface area contributed by atoms with E-state index in [0.29, 0.717) is 11.3 Å². The van der Waals surface area contributed by atoms with Crippen molar-refractivity contribution in [3.05, 3.63) is 95.7 Å². The third kappa shape index (κ3) is 5.28. The number of aromatic nitrogens is 1. The summed E-state index contributed by atoms with van der Waals surface area (Å²) in [6.07, 6.45) is -3.85. The Hall–Kier alpha value is -4.12. The van der Waals surface area contributed by atoms with Gasteiger partial charge >= 0.3 is 12.1 Å². The van der Waals surface area contributed by atoms with Gasteiger partial charge in [0, 0.05) is 11.6 Å². The molecular weight excluding hydrogens is 521 g/mol. The average molecular weight is 545 g/mol. The lowest BCUT2D eigenvalue weighted by atomic mass is 10.0. The van der Waals surface area contributed by atoms with Gasteiger partial charge in [-0.2, -0.15) is 13.2 Å². The molecule has 0 N–H and O–H groups in total. The number of carbonyl (C=O) groups excluding carboxylic acids is 1. The fraction of sp³-hybridized carbons (Fsp3) is 0.185. The molecule has 0 atom stereocenters. The third-order valence-electron chi connectivity index (χ3n) is 5.74. The second kappa shape index (κ2) is 10.7. The molecule has 4 aromatic rings. The molecule has 1 aromatic heterocycles. The van der Waals surface area contributed by atoms with Crippen molar-refractivity contribution in [3.8, 4) is 5.75 Å². The Kier molecular flexibility index (Phi) is 7.58. The Morgan fingerprint density at radius 1 is 0.974 bits per heavy atom. The van der Waals surface area contributed by atoms with E-state index >= 15 is 0 Å². The molecule has 0 spiro atoms. The lowest BCUT2D eigenvalue weighted by molar-refractivity contribution is -0.136. The molecule has 3 aromatic carbocycles. The number of ether oxygens (including phenoxy) is 2. The van der Waals surface area contributed by atoms with E-state index in [-0.39, 0.29) is 34.7 Å². The summed E-state index contributed by atoms with van der Waals surface area (Å²) in [5, 5.41) is -0.168. The molecule has 0 fully saturated rings. The molecule has 0 aliphatic carbocycles. The summed E-state index contributed by atoms with van der Waals surface area (Å²) >= 11 is 0. The first-order valence-electron chi connectivity index (χ1n) is 11.4. The predicted octanol–water partition coefficient (Wildman–Crippen LogP) is 5.83. The fourth-order valence-electron chi connectivity index (χ4n) is 3.97. The first kappa shape index (κ1) is 26.9. The Balaban J connectivity index is 2.06. The van der Waals surface area contributed by atoms with E-state index in [4.69, 9.17) is 9.47 Å². The number of alkyl halides is 3. The minimum atomic E-state index is -4.77. The normalized spacial score (nSPS) is 11.8. The van der Waals surface area contributed by atoms with E-state index in [1.54, 1.807) is 37.3 Å². The summed E-state index contributed by atoms with van der Waals surface area (Å²) in [4.78, 5) is 16.7. The summed E-state index contributed by atoms with van der Waals surface area (Å²) in [6, 6.07) is 17.3. The Morgan fingerprint density at radius 2 is 1.66 bits per heavy atom. The molecule has 0 radical (unpaired) electrons. The van der Waals surface area contributed by atoms with E-state index in [0.717, 1.165) is 22.6 Å². The first-order valence-corrected chi connectivity index (χ1v) is 12.9. The SMILES string of the molecule is CCOC(=O)c1cnc2c(C(F)(F)F)cccc2c1N(Cc1ccccc1)S(=O)(=O)c1ccc(OC)cc1. The molecule has 0 unspecified atom stereocenters. The Bertz CT molecular complexity index is 1560. The van der Waals surface area contributed by atoms with Crippen LogP contribution in [0.25, 0.3) is 10.9 Å². The van der Waals surface area contributed by atoms with E-state index in [2.05, 4.69) is 4.98 Å². The smallest absolute Gasteiger partial charge is 0.418 e. The van der Waals surface area contributed by atoms with Gasteiger partial charge in [-0.15, -0.1) is 0 Å². The minimum absolute atomic E-state index is 0.0389. The summed E-state index contributed by atoms with van der Waals surface area (Å²) in [6.45, 7) is 1.24. The van der Waals surface area contributed by atoms with Crippen molar-refractivity contribution in [2.75, 3.05) is 18.0 Å². The van der Waals surface area contributed by atoms with E-state index in [1.807, 2.05) is 0 Å². The van der Waals surface area contributed by atoms with Gasteiger partial charge in [-0.3, -0.25) is 9.29 Å². The van der Waals surface area contributed by atoms with Crippen molar-refractivity contribution in [3.63, 3.8) is 0 Å². The van der Waals surface area contributed by atoms with Crippen LogP contribution in [0.4, 0.5) is 18.9 Å². The molecule has 198 valence electrons. The number of methoxy groups -OCH3 is 1. The zero-order chi connectivity index (χ0) is 27.5. The number of esters is 1. The molecule has 11 heteroatoms. The number of pyridine rings is 1. The lowest BCUT2D eigenvalue weighted by Crippen LogP contribution is -2.32. The van der Waals surface area contributed by atoms with Gasteiger partial charge in [-0.1, -0.05) is 42.5 Å². The minimum Gasteiger partial charge on any atom is -0.497 e. The van der Waals surface area contributed by atoms with Crippen LogP contribution in [0, 0.1) is 0 Å². The lowest BCUT2D eigenvalue weighted by Gasteiger charge is -2.28. The molecule has 1 heterocycles. The number of nitrogens with zero attached hydrogens (tertiary/aromatic N) is 2. The number of hydrogen-bond donors (Lipinski definition) is 0. The highest BCUT2D eigenvalue weighted by Gasteiger charge is 2.36. The van der Waals surface area contributed by atoms with Crippen LogP contribution in [0.15, 0.2) is 83.9 Å². The highest BCUT2D eigenvalue weighted by Crippen LogP contribution is 2.40. The van der Waals surface area contributed by atoms with Gasteiger partial charge < -0.3 is 9.47 Å². The van der Waals surface area contributed by atoms with Crippen LogP contribution in [0.1, 0.15) is 28.4 Å². The maximum absolute atomic E-state index is 14.1. The van der Waals surface area contributed by atoms with Crippen molar-refractivity contribution in [2.45, 2.75) is 24.5 Å². The van der Waals surface area contributed by atoms with Crippen LogP contribution in [-0.2, 0) is 27.5 Å². The highest BCUT2D eigenvalue weighted by atomic mass is 32.2. The Morgan fingerprint density at radius 3 is 2.26 bits per heavy atom. The van der Waals surface area contributed by atoms with Crippen LogP contribution >= 0.6 is 0 Å². The molecule has 0 aliphatic rings. The maximum atomic E-state index is 14.1. The van der Waals surface area contributed by atoms with Crippen molar-refractivity contribution < 1.29 is 35.9 Å². The zero-order valence-electron chi connectivity index (χ0n) is 20.4. The van der Waals surface area contributed by atoms with Crippen LogP contribution in [0.5, 0.6) is 5.75 Å². The number of anilines is 1. The number of fused-ring (bicyclic) bond motifs is 1. The fourth-order valence-corrected chi connectivity index (χ4v) is 5.46.